The molecule has 1 unspecified atom stereocenters. The molecule has 0 saturated heterocycles. The van der Waals surface area contributed by atoms with Crippen LogP contribution in [0.15, 0.2) is 35.1 Å². The van der Waals surface area contributed by atoms with Crippen LogP contribution in [0.3, 0.4) is 0 Å². The van der Waals surface area contributed by atoms with Crippen LogP contribution in [0.25, 0.3) is 0 Å². The second-order valence-electron chi connectivity index (χ2n) is 5.02. The number of carbonyl (C=O) groups is 1. The number of hydrogen-bond acceptors (Lipinski definition) is 2. The van der Waals surface area contributed by atoms with E-state index in [2.05, 4.69) is 32.9 Å². The van der Waals surface area contributed by atoms with Crippen LogP contribution in [0.2, 0.25) is 0 Å². The second-order valence-corrected chi connectivity index (χ2v) is 5.02. The maximum Gasteiger partial charge on any atom is 0.124 e. The maximum atomic E-state index is 10.5. The summed E-state index contributed by atoms with van der Waals surface area (Å²) in [5.41, 5.74) is 2.09. The molecule has 0 aromatic rings. The highest BCUT2D eigenvalue weighted by molar-refractivity contribution is 5.57. The molecule has 0 aromatic heterocycles. The first kappa shape index (κ1) is 13.8. The zero-order chi connectivity index (χ0) is 12.9. The molecule has 0 fully saturated rings. The molecule has 1 aliphatic heterocycles. The predicted molar refractivity (Wildman–Crippen MR) is 70.7 cm³/mol. The molecule has 0 spiro atoms. The van der Waals surface area contributed by atoms with Crippen LogP contribution < -0.4 is 0 Å². The van der Waals surface area contributed by atoms with E-state index < -0.39 is 0 Å². The van der Waals surface area contributed by atoms with E-state index in [0.717, 1.165) is 30.5 Å². The lowest BCUT2D eigenvalue weighted by atomic mass is 9.94. The van der Waals surface area contributed by atoms with Gasteiger partial charge in [0.2, 0.25) is 0 Å². The first-order chi connectivity index (χ1) is 7.97. The molecule has 2 heteroatoms. The average molecular weight is 234 g/mol. The van der Waals surface area contributed by atoms with Gasteiger partial charge in [-0.2, -0.15) is 0 Å². The van der Waals surface area contributed by atoms with Gasteiger partial charge in [0.15, 0.2) is 0 Å². The predicted octanol–water partition coefficient (Wildman–Crippen LogP) is 3.94. The topological polar surface area (TPSA) is 26.3 Å². The normalized spacial score (nSPS) is 23.3. The van der Waals surface area contributed by atoms with Crippen LogP contribution in [0.1, 0.15) is 47.0 Å². The molecule has 1 atom stereocenters. The summed E-state index contributed by atoms with van der Waals surface area (Å²) in [6.45, 7) is 8.23. The Hall–Kier alpha value is -1.31. The summed E-state index contributed by atoms with van der Waals surface area (Å²) in [5, 5.41) is 0. The van der Waals surface area contributed by atoms with E-state index in [-0.39, 0.29) is 5.60 Å². The summed E-state index contributed by atoms with van der Waals surface area (Å²) in [5.74, 6) is 0.874. The maximum absolute atomic E-state index is 10.5. The van der Waals surface area contributed by atoms with Crippen molar-refractivity contribution in [2.45, 2.75) is 52.6 Å². The Morgan fingerprint density at radius 3 is 2.71 bits per heavy atom. The first-order valence-corrected chi connectivity index (χ1v) is 6.12. The molecular formula is C15H22O2. The molecule has 0 N–H and O–H groups in total. The number of aldehydes is 1. The number of allylic oxidation sites excluding steroid dienone is 5. The largest absolute Gasteiger partial charge is 0.488 e. The van der Waals surface area contributed by atoms with E-state index in [1.807, 2.05) is 13.0 Å². The quantitative estimate of drug-likeness (QED) is 0.532. The summed E-state index contributed by atoms with van der Waals surface area (Å²) >= 11 is 0. The van der Waals surface area contributed by atoms with Crippen molar-refractivity contribution in [2.24, 2.45) is 0 Å². The minimum atomic E-state index is -0.234. The van der Waals surface area contributed by atoms with Crippen LogP contribution in [0, 0.1) is 0 Å². The van der Waals surface area contributed by atoms with Crippen LogP contribution in [-0.2, 0) is 9.53 Å². The fourth-order valence-corrected chi connectivity index (χ4v) is 1.93. The lowest BCUT2D eigenvalue weighted by molar-refractivity contribution is -0.107. The van der Waals surface area contributed by atoms with E-state index in [4.69, 9.17) is 4.74 Å². The Kier molecular flexibility index (Phi) is 4.73. The van der Waals surface area contributed by atoms with E-state index in [1.165, 1.54) is 5.57 Å². The van der Waals surface area contributed by atoms with Crippen LogP contribution in [0.4, 0.5) is 0 Å². The molecule has 1 rings (SSSR count). The van der Waals surface area contributed by atoms with Crippen molar-refractivity contribution in [3.05, 3.63) is 35.1 Å². The third-order valence-corrected chi connectivity index (χ3v) is 2.97. The number of carbonyl (C=O) groups excluding carboxylic acids is 1. The molecule has 17 heavy (non-hydrogen) atoms. The Morgan fingerprint density at radius 2 is 2.18 bits per heavy atom. The van der Waals surface area contributed by atoms with Crippen molar-refractivity contribution < 1.29 is 9.53 Å². The van der Waals surface area contributed by atoms with E-state index >= 15 is 0 Å². The van der Waals surface area contributed by atoms with Gasteiger partial charge in [0, 0.05) is 6.42 Å². The highest BCUT2D eigenvalue weighted by Crippen LogP contribution is 2.30. The average Bonchev–Trinajstić information content (AvgIpc) is 2.22. The van der Waals surface area contributed by atoms with Crippen molar-refractivity contribution in [3.8, 4) is 0 Å². The summed E-state index contributed by atoms with van der Waals surface area (Å²) in [4.78, 5) is 10.5. The number of rotatable bonds is 5. The second kappa shape index (κ2) is 5.85. The SMILES string of the molecule is CC(C)=CCCC1(C)C=CC(CC=O)=C(C)O1. The highest BCUT2D eigenvalue weighted by Gasteiger charge is 2.26. The Balaban J connectivity index is 2.62. The molecule has 0 saturated carbocycles. The molecule has 1 heterocycles. The van der Waals surface area contributed by atoms with Gasteiger partial charge in [-0.15, -0.1) is 0 Å². The zero-order valence-corrected chi connectivity index (χ0v) is 11.2. The standard InChI is InChI=1S/C15H22O2/c1-12(2)6-5-9-15(4)10-7-14(8-11-16)13(3)17-15/h6-7,10-11H,5,8-9H2,1-4H3. The summed E-state index contributed by atoms with van der Waals surface area (Å²) in [6.07, 6.45) is 9.64. The molecule has 0 bridgehead atoms. The van der Waals surface area contributed by atoms with Gasteiger partial charge in [0.1, 0.15) is 11.9 Å². The Morgan fingerprint density at radius 1 is 1.47 bits per heavy atom. The van der Waals surface area contributed by atoms with E-state index in [0.29, 0.717) is 6.42 Å². The zero-order valence-electron chi connectivity index (χ0n) is 11.2. The van der Waals surface area contributed by atoms with Crippen molar-refractivity contribution in [2.75, 3.05) is 0 Å². The molecule has 0 amide bonds. The van der Waals surface area contributed by atoms with Crippen molar-refractivity contribution in [1.29, 1.82) is 0 Å². The van der Waals surface area contributed by atoms with Crippen LogP contribution in [0.5, 0.6) is 0 Å². The monoisotopic (exact) mass is 234 g/mol. The number of ether oxygens (including phenoxy) is 1. The molecular weight excluding hydrogens is 212 g/mol. The van der Waals surface area contributed by atoms with Crippen molar-refractivity contribution in [3.63, 3.8) is 0 Å². The Bertz CT molecular complexity index is 370. The third-order valence-electron chi connectivity index (χ3n) is 2.97. The lowest BCUT2D eigenvalue weighted by Gasteiger charge is -2.31. The molecule has 1 aliphatic rings. The van der Waals surface area contributed by atoms with Gasteiger partial charge < -0.3 is 9.53 Å². The fraction of sp³-hybridized carbons (Fsp3) is 0.533. The van der Waals surface area contributed by atoms with Gasteiger partial charge in [-0.05, 0) is 52.2 Å². The first-order valence-electron chi connectivity index (χ1n) is 6.12. The van der Waals surface area contributed by atoms with Gasteiger partial charge in [-0.25, -0.2) is 0 Å². The summed E-state index contributed by atoms with van der Waals surface area (Å²) in [6, 6.07) is 0. The van der Waals surface area contributed by atoms with Crippen molar-refractivity contribution >= 4 is 6.29 Å². The van der Waals surface area contributed by atoms with E-state index in [9.17, 15) is 4.79 Å². The summed E-state index contributed by atoms with van der Waals surface area (Å²) < 4.78 is 5.93. The molecule has 0 aliphatic carbocycles. The van der Waals surface area contributed by atoms with E-state index in [1.54, 1.807) is 0 Å². The molecule has 0 radical (unpaired) electrons. The highest BCUT2D eigenvalue weighted by atomic mass is 16.5. The number of hydrogen-bond donors (Lipinski definition) is 0. The molecule has 94 valence electrons. The minimum absolute atomic E-state index is 0.234. The fourth-order valence-electron chi connectivity index (χ4n) is 1.93. The third kappa shape index (κ3) is 4.22. The minimum Gasteiger partial charge on any atom is -0.488 e. The van der Waals surface area contributed by atoms with Crippen LogP contribution >= 0.6 is 0 Å². The van der Waals surface area contributed by atoms with Gasteiger partial charge in [0.25, 0.3) is 0 Å². The van der Waals surface area contributed by atoms with Gasteiger partial charge in [0.05, 0.1) is 5.76 Å². The molecule has 2 nitrogen and oxygen atoms in total. The lowest BCUT2D eigenvalue weighted by Crippen LogP contribution is -2.27. The molecule has 0 aromatic carbocycles. The van der Waals surface area contributed by atoms with Gasteiger partial charge >= 0.3 is 0 Å². The van der Waals surface area contributed by atoms with Gasteiger partial charge in [-0.1, -0.05) is 17.7 Å². The Labute approximate surface area is 104 Å². The smallest absolute Gasteiger partial charge is 0.124 e. The van der Waals surface area contributed by atoms with Crippen molar-refractivity contribution in [1.82, 2.24) is 0 Å². The van der Waals surface area contributed by atoms with Crippen LogP contribution in [-0.4, -0.2) is 11.9 Å². The van der Waals surface area contributed by atoms with Gasteiger partial charge in [-0.3, -0.25) is 0 Å². The summed E-state index contributed by atoms with van der Waals surface area (Å²) in [7, 11) is 0.